The molecular formula is C18H22N2O3. The van der Waals surface area contributed by atoms with Gasteiger partial charge in [0.15, 0.2) is 11.5 Å². The molecule has 0 aromatic heterocycles. The Hall–Kier alpha value is -2.69. The maximum atomic E-state index is 12.5. The van der Waals surface area contributed by atoms with Gasteiger partial charge in [0.2, 0.25) is 0 Å². The quantitative estimate of drug-likeness (QED) is 0.920. The smallest absolute Gasteiger partial charge is 0.256 e. The predicted molar refractivity (Wildman–Crippen MR) is 93.0 cm³/mol. The van der Waals surface area contributed by atoms with E-state index in [1.165, 1.54) is 0 Å². The molecule has 0 bridgehead atoms. The van der Waals surface area contributed by atoms with Crippen molar-refractivity contribution < 1.29 is 14.3 Å². The molecule has 0 aliphatic carbocycles. The van der Waals surface area contributed by atoms with E-state index in [4.69, 9.17) is 9.47 Å². The van der Waals surface area contributed by atoms with E-state index in [1.54, 1.807) is 26.4 Å². The number of methoxy groups -OCH3 is 2. The third-order valence-corrected chi connectivity index (χ3v) is 3.62. The van der Waals surface area contributed by atoms with Crippen molar-refractivity contribution in [1.82, 2.24) is 0 Å². The van der Waals surface area contributed by atoms with E-state index in [0.717, 1.165) is 16.9 Å². The fourth-order valence-electron chi connectivity index (χ4n) is 2.27. The van der Waals surface area contributed by atoms with Crippen molar-refractivity contribution in [2.24, 2.45) is 0 Å². The van der Waals surface area contributed by atoms with Gasteiger partial charge in [-0.2, -0.15) is 0 Å². The Balaban J connectivity index is 2.23. The number of hydrogen-bond acceptors (Lipinski definition) is 4. The number of nitrogens with one attached hydrogen (secondary N) is 1. The van der Waals surface area contributed by atoms with Crippen LogP contribution in [0.1, 0.15) is 15.9 Å². The zero-order valence-electron chi connectivity index (χ0n) is 14.1. The molecule has 0 spiro atoms. The molecular weight excluding hydrogens is 292 g/mol. The van der Waals surface area contributed by atoms with Gasteiger partial charge < -0.3 is 19.7 Å². The average molecular weight is 314 g/mol. The summed E-state index contributed by atoms with van der Waals surface area (Å²) < 4.78 is 10.5. The predicted octanol–water partition coefficient (Wildman–Crippen LogP) is 3.33. The summed E-state index contributed by atoms with van der Waals surface area (Å²) in [4.78, 5) is 14.5. The Kier molecular flexibility index (Phi) is 5.11. The van der Waals surface area contributed by atoms with Gasteiger partial charge in [-0.25, -0.2) is 0 Å². The van der Waals surface area contributed by atoms with E-state index in [2.05, 4.69) is 5.32 Å². The summed E-state index contributed by atoms with van der Waals surface area (Å²) in [7, 11) is 7.07. The normalized spacial score (nSPS) is 10.1. The second-order valence-corrected chi connectivity index (χ2v) is 5.42. The lowest BCUT2D eigenvalue weighted by Gasteiger charge is -2.14. The SMILES string of the molecule is COc1cc(C)c(C(=O)Nc2ccc(N(C)C)cc2)cc1OC. The van der Waals surface area contributed by atoms with Crippen molar-refractivity contribution in [2.45, 2.75) is 6.92 Å². The Morgan fingerprint density at radius 1 is 1.00 bits per heavy atom. The van der Waals surface area contributed by atoms with Crippen LogP contribution in [0.15, 0.2) is 36.4 Å². The summed E-state index contributed by atoms with van der Waals surface area (Å²) in [5.74, 6) is 0.962. The number of amides is 1. The van der Waals surface area contributed by atoms with E-state index in [9.17, 15) is 4.79 Å². The van der Waals surface area contributed by atoms with Gasteiger partial charge in [-0.3, -0.25) is 4.79 Å². The van der Waals surface area contributed by atoms with Crippen LogP contribution in [0.3, 0.4) is 0 Å². The third-order valence-electron chi connectivity index (χ3n) is 3.62. The number of hydrogen-bond donors (Lipinski definition) is 1. The third kappa shape index (κ3) is 3.74. The van der Waals surface area contributed by atoms with Gasteiger partial charge in [0.05, 0.1) is 14.2 Å². The van der Waals surface area contributed by atoms with Crippen LogP contribution < -0.4 is 19.7 Å². The molecule has 0 radical (unpaired) electrons. The Morgan fingerprint density at radius 3 is 2.09 bits per heavy atom. The van der Waals surface area contributed by atoms with Crippen LogP contribution in [0.4, 0.5) is 11.4 Å². The highest BCUT2D eigenvalue weighted by Gasteiger charge is 2.14. The van der Waals surface area contributed by atoms with Crippen molar-refractivity contribution in [1.29, 1.82) is 0 Å². The van der Waals surface area contributed by atoms with Crippen LogP contribution >= 0.6 is 0 Å². The van der Waals surface area contributed by atoms with Crippen LogP contribution in [0, 0.1) is 6.92 Å². The van der Waals surface area contributed by atoms with Gasteiger partial charge in [-0.05, 0) is 48.9 Å². The van der Waals surface area contributed by atoms with E-state index >= 15 is 0 Å². The maximum absolute atomic E-state index is 12.5. The Bertz CT molecular complexity index is 694. The average Bonchev–Trinajstić information content (AvgIpc) is 2.54. The summed E-state index contributed by atoms with van der Waals surface area (Å²) >= 11 is 0. The highest BCUT2D eigenvalue weighted by molar-refractivity contribution is 6.05. The minimum absolute atomic E-state index is 0.180. The molecule has 5 heteroatoms. The molecule has 0 saturated heterocycles. The number of rotatable bonds is 5. The Labute approximate surface area is 136 Å². The first-order chi connectivity index (χ1) is 11.0. The lowest BCUT2D eigenvalue weighted by molar-refractivity contribution is 0.102. The second kappa shape index (κ2) is 7.05. The minimum Gasteiger partial charge on any atom is -0.493 e. The molecule has 0 unspecified atom stereocenters. The lowest BCUT2D eigenvalue weighted by Crippen LogP contribution is -2.14. The number of benzene rings is 2. The number of carbonyl (C=O) groups is 1. The van der Waals surface area contributed by atoms with E-state index in [1.807, 2.05) is 50.2 Å². The van der Waals surface area contributed by atoms with E-state index in [-0.39, 0.29) is 5.91 Å². The minimum atomic E-state index is -0.180. The molecule has 0 atom stereocenters. The summed E-state index contributed by atoms with van der Waals surface area (Å²) in [6.07, 6.45) is 0. The van der Waals surface area contributed by atoms with Crippen molar-refractivity contribution in [3.05, 3.63) is 47.5 Å². The van der Waals surface area contributed by atoms with Crippen LogP contribution in [-0.2, 0) is 0 Å². The molecule has 2 aromatic rings. The molecule has 23 heavy (non-hydrogen) atoms. The number of anilines is 2. The molecule has 0 saturated carbocycles. The molecule has 2 rings (SSSR count). The van der Waals surface area contributed by atoms with E-state index in [0.29, 0.717) is 17.1 Å². The lowest BCUT2D eigenvalue weighted by atomic mass is 10.1. The fourth-order valence-corrected chi connectivity index (χ4v) is 2.27. The number of nitrogens with zero attached hydrogens (tertiary/aromatic N) is 1. The zero-order chi connectivity index (χ0) is 17.0. The van der Waals surface area contributed by atoms with Crippen LogP contribution in [0.2, 0.25) is 0 Å². The summed E-state index contributed by atoms with van der Waals surface area (Å²) in [5.41, 5.74) is 3.20. The van der Waals surface area contributed by atoms with Crippen LogP contribution in [-0.4, -0.2) is 34.2 Å². The van der Waals surface area contributed by atoms with Crippen molar-refractivity contribution in [3.63, 3.8) is 0 Å². The van der Waals surface area contributed by atoms with Crippen LogP contribution in [0.25, 0.3) is 0 Å². The topological polar surface area (TPSA) is 50.8 Å². The number of carbonyl (C=O) groups excluding carboxylic acids is 1. The van der Waals surface area contributed by atoms with Gasteiger partial charge in [-0.15, -0.1) is 0 Å². The molecule has 1 N–H and O–H groups in total. The van der Waals surface area contributed by atoms with Gasteiger partial charge >= 0.3 is 0 Å². The summed E-state index contributed by atoms with van der Waals surface area (Å²) in [5, 5.41) is 2.90. The monoisotopic (exact) mass is 314 g/mol. The van der Waals surface area contributed by atoms with Gasteiger partial charge in [-0.1, -0.05) is 0 Å². The standard InChI is InChI=1S/C18H22N2O3/c1-12-10-16(22-4)17(23-5)11-15(12)18(21)19-13-6-8-14(9-7-13)20(2)3/h6-11H,1-5H3,(H,19,21). The first kappa shape index (κ1) is 16.7. The van der Waals surface area contributed by atoms with Gasteiger partial charge in [0.25, 0.3) is 5.91 Å². The molecule has 122 valence electrons. The fraction of sp³-hybridized carbons (Fsp3) is 0.278. The largest absolute Gasteiger partial charge is 0.493 e. The highest BCUT2D eigenvalue weighted by Crippen LogP contribution is 2.30. The summed E-state index contributed by atoms with van der Waals surface area (Å²) in [6.45, 7) is 1.87. The van der Waals surface area contributed by atoms with Crippen LogP contribution in [0.5, 0.6) is 11.5 Å². The molecule has 2 aromatic carbocycles. The number of ether oxygens (including phenoxy) is 2. The van der Waals surface area contributed by atoms with Crippen molar-refractivity contribution >= 4 is 17.3 Å². The van der Waals surface area contributed by atoms with Gasteiger partial charge in [0.1, 0.15) is 0 Å². The van der Waals surface area contributed by atoms with Crippen molar-refractivity contribution in [2.75, 3.05) is 38.5 Å². The Morgan fingerprint density at radius 2 is 1.57 bits per heavy atom. The molecule has 5 nitrogen and oxygen atoms in total. The maximum Gasteiger partial charge on any atom is 0.256 e. The number of aryl methyl sites for hydroxylation is 1. The molecule has 0 aliphatic heterocycles. The molecule has 0 fully saturated rings. The molecule has 1 amide bonds. The summed E-state index contributed by atoms with van der Waals surface area (Å²) in [6, 6.07) is 11.2. The van der Waals surface area contributed by atoms with E-state index < -0.39 is 0 Å². The second-order valence-electron chi connectivity index (χ2n) is 5.42. The molecule has 0 heterocycles. The first-order valence-electron chi connectivity index (χ1n) is 7.27. The molecule has 0 aliphatic rings. The van der Waals surface area contributed by atoms with Gasteiger partial charge in [0, 0.05) is 31.0 Å². The highest BCUT2D eigenvalue weighted by atomic mass is 16.5. The van der Waals surface area contributed by atoms with Crippen molar-refractivity contribution in [3.8, 4) is 11.5 Å². The first-order valence-corrected chi connectivity index (χ1v) is 7.27. The zero-order valence-corrected chi connectivity index (χ0v) is 14.1.